The summed E-state index contributed by atoms with van der Waals surface area (Å²) in [5.41, 5.74) is 1.39. The van der Waals surface area contributed by atoms with Crippen molar-refractivity contribution in [2.75, 3.05) is 13.6 Å². The molecule has 0 spiro atoms. The van der Waals surface area contributed by atoms with Crippen LogP contribution >= 0.6 is 0 Å². The molecule has 1 aliphatic rings. The summed E-state index contributed by atoms with van der Waals surface area (Å²) in [5.74, 6) is -1.87. The fourth-order valence-corrected chi connectivity index (χ4v) is 3.06. The molecule has 6 nitrogen and oxygen atoms in total. The second kappa shape index (κ2) is 7.26. The first-order valence-corrected chi connectivity index (χ1v) is 7.82. The van der Waals surface area contributed by atoms with E-state index in [1.54, 1.807) is 19.2 Å². The first-order valence-electron chi connectivity index (χ1n) is 7.82. The number of hydrogen-bond acceptors (Lipinski definition) is 3. The lowest BCUT2D eigenvalue weighted by Gasteiger charge is -2.37. The highest BCUT2D eigenvalue weighted by Crippen LogP contribution is 2.25. The van der Waals surface area contributed by atoms with Crippen LogP contribution in [0.2, 0.25) is 0 Å². The van der Waals surface area contributed by atoms with Crippen LogP contribution in [0.4, 0.5) is 0 Å². The zero-order chi connectivity index (χ0) is 17.0. The SMILES string of the molecule is CCc1ccccc1C(=O)N1C[C@@H](C(=O)NC)CC[C@H]1C(=O)O. The molecule has 124 valence electrons. The summed E-state index contributed by atoms with van der Waals surface area (Å²) in [7, 11) is 1.55. The molecule has 1 aliphatic heterocycles. The van der Waals surface area contributed by atoms with Crippen LogP contribution in [0.15, 0.2) is 24.3 Å². The van der Waals surface area contributed by atoms with Crippen molar-refractivity contribution in [2.24, 2.45) is 5.92 Å². The number of carbonyl (C=O) groups is 3. The van der Waals surface area contributed by atoms with E-state index in [1.165, 1.54) is 4.90 Å². The first-order chi connectivity index (χ1) is 11.0. The maximum absolute atomic E-state index is 12.9. The lowest BCUT2D eigenvalue weighted by atomic mass is 9.90. The molecule has 2 rings (SSSR count). The van der Waals surface area contributed by atoms with Gasteiger partial charge in [0.1, 0.15) is 6.04 Å². The first kappa shape index (κ1) is 17.0. The molecular formula is C17H22N2O4. The molecule has 0 bridgehead atoms. The molecule has 0 saturated carbocycles. The maximum atomic E-state index is 12.9. The largest absolute Gasteiger partial charge is 0.480 e. The zero-order valence-corrected chi connectivity index (χ0v) is 13.4. The van der Waals surface area contributed by atoms with Gasteiger partial charge in [-0.2, -0.15) is 0 Å². The molecule has 1 aromatic rings. The topological polar surface area (TPSA) is 86.7 Å². The number of carboxylic acid groups (broad SMARTS) is 1. The van der Waals surface area contributed by atoms with Crippen molar-refractivity contribution < 1.29 is 19.5 Å². The minimum absolute atomic E-state index is 0.132. The summed E-state index contributed by atoms with van der Waals surface area (Å²) >= 11 is 0. The van der Waals surface area contributed by atoms with E-state index >= 15 is 0 Å². The molecule has 6 heteroatoms. The van der Waals surface area contributed by atoms with Gasteiger partial charge in [0.25, 0.3) is 5.91 Å². The Morgan fingerprint density at radius 3 is 2.57 bits per heavy atom. The fraction of sp³-hybridized carbons (Fsp3) is 0.471. The minimum Gasteiger partial charge on any atom is -0.480 e. The molecule has 0 aromatic heterocycles. The lowest BCUT2D eigenvalue weighted by Crippen LogP contribution is -2.53. The molecular weight excluding hydrogens is 296 g/mol. The maximum Gasteiger partial charge on any atom is 0.326 e. The highest BCUT2D eigenvalue weighted by molar-refractivity contribution is 5.98. The lowest BCUT2D eigenvalue weighted by molar-refractivity contribution is -0.145. The van der Waals surface area contributed by atoms with E-state index in [-0.39, 0.29) is 30.7 Å². The summed E-state index contributed by atoms with van der Waals surface area (Å²) in [5, 5.41) is 12.0. The smallest absolute Gasteiger partial charge is 0.326 e. The monoisotopic (exact) mass is 318 g/mol. The van der Waals surface area contributed by atoms with Gasteiger partial charge in [-0.05, 0) is 30.9 Å². The Hall–Kier alpha value is -2.37. The number of benzene rings is 1. The Morgan fingerprint density at radius 1 is 1.26 bits per heavy atom. The third-order valence-electron chi connectivity index (χ3n) is 4.37. The van der Waals surface area contributed by atoms with E-state index < -0.39 is 12.0 Å². The van der Waals surface area contributed by atoms with Crippen LogP contribution in [-0.4, -0.2) is 47.4 Å². The van der Waals surface area contributed by atoms with Gasteiger partial charge in [-0.1, -0.05) is 25.1 Å². The van der Waals surface area contributed by atoms with E-state index in [9.17, 15) is 19.5 Å². The predicted octanol–water partition coefficient (Wildman–Crippen LogP) is 1.30. The Bertz CT molecular complexity index is 614. The van der Waals surface area contributed by atoms with Gasteiger partial charge in [-0.15, -0.1) is 0 Å². The van der Waals surface area contributed by atoms with Gasteiger partial charge in [-0.25, -0.2) is 4.79 Å². The number of nitrogens with zero attached hydrogens (tertiary/aromatic N) is 1. The normalized spacial score (nSPS) is 20.9. The van der Waals surface area contributed by atoms with Crippen LogP contribution in [0.25, 0.3) is 0 Å². The number of carbonyl (C=O) groups excluding carboxylic acids is 2. The number of hydrogen-bond donors (Lipinski definition) is 2. The van der Waals surface area contributed by atoms with Gasteiger partial charge in [0, 0.05) is 19.2 Å². The molecule has 2 atom stereocenters. The van der Waals surface area contributed by atoms with Gasteiger partial charge < -0.3 is 15.3 Å². The second-order valence-electron chi connectivity index (χ2n) is 5.71. The summed E-state index contributed by atoms with van der Waals surface area (Å²) in [6, 6.07) is 6.32. The Kier molecular flexibility index (Phi) is 5.36. The van der Waals surface area contributed by atoms with E-state index in [0.29, 0.717) is 18.4 Å². The number of amides is 2. The van der Waals surface area contributed by atoms with Crippen LogP contribution in [0.1, 0.15) is 35.7 Å². The number of nitrogens with one attached hydrogen (secondary N) is 1. The van der Waals surface area contributed by atoms with Crippen LogP contribution in [0.5, 0.6) is 0 Å². The molecule has 1 saturated heterocycles. The molecule has 0 unspecified atom stereocenters. The quantitative estimate of drug-likeness (QED) is 0.876. The van der Waals surface area contributed by atoms with Crippen molar-refractivity contribution in [2.45, 2.75) is 32.2 Å². The Labute approximate surface area is 135 Å². The standard InChI is InChI=1S/C17H22N2O4/c1-3-11-6-4-5-7-13(11)16(21)19-10-12(15(20)18-2)8-9-14(19)17(22)23/h4-7,12,14H,3,8-10H2,1-2H3,(H,18,20)(H,22,23)/t12-,14-/m0/s1. The van der Waals surface area contributed by atoms with Crippen molar-refractivity contribution in [3.63, 3.8) is 0 Å². The molecule has 1 fully saturated rings. The average Bonchev–Trinajstić information content (AvgIpc) is 2.59. The van der Waals surface area contributed by atoms with Crippen molar-refractivity contribution in [1.29, 1.82) is 0 Å². The van der Waals surface area contributed by atoms with Gasteiger partial charge in [0.15, 0.2) is 0 Å². The number of carboxylic acids is 1. The van der Waals surface area contributed by atoms with Crippen LogP contribution < -0.4 is 5.32 Å². The van der Waals surface area contributed by atoms with Gasteiger partial charge in [0.05, 0.1) is 5.92 Å². The molecule has 23 heavy (non-hydrogen) atoms. The average molecular weight is 318 g/mol. The van der Waals surface area contributed by atoms with Crippen molar-refractivity contribution >= 4 is 17.8 Å². The summed E-state index contributed by atoms with van der Waals surface area (Å²) < 4.78 is 0. The van der Waals surface area contributed by atoms with Crippen LogP contribution in [0, 0.1) is 5.92 Å². The van der Waals surface area contributed by atoms with E-state index in [0.717, 1.165) is 5.56 Å². The molecule has 1 heterocycles. The molecule has 1 aromatic carbocycles. The third kappa shape index (κ3) is 3.52. The number of aliphatic carboxylic acids is 1. The van der Waals surface area contributed by atoms with Gasteiger partial charge >= 0.3 is 5.97 Å². The summed E-state index contributed by atoms with van der Waals surface area (Å²) in [4.78, 5) is 37.6. The molecule has 0 radical (unpaired) electrons. The van der Waals surface area contributed by atoms with Crippen LogP contribution in [0.3, 0.4) is 0 Å². The van der Waals surface area contributed by atoms with Gasteiger partial charge in [0.2, 0.25) is 5.91 Å². The fourth-order valence-electron chi connectivity index (χ4n) is 3.06. The van der Waals surface area contributed by atoms with E-state index in [2.05, 4.69) is 5.32 Å². The van der Waals surface area contributed by atoms with Crippen LogP contribution in [-0.2, 0) is 16.0 Å². The van der Waals surface area contributed by atoms with E-state index in [4.69, 9.17) is 0 Å². The van der Waals surface area contributed by atoms with E-state index in [1.807, 2.05) is 19.1 Å². The molecule has 0 aliphatic carbocycles. The zero-order valence-electron chi connectivity index (χ0n) is 13.4. The highest BCUT2D eigenvalue weighted by Gasteiger charge is 2.38. The van der Waals surface area contributed by atoms with Crippen molar-refractivity contribution in [1.82, 2.24) is 10.2 Å². The molecule has 2 amide bonds. The number of piperidine rings is 1. The number of aryl methyl sites for hydroxylation is 1. The predicted molar refractivity (Wildman–Crippen MR) is 85.1 cm³/mol. The molecule has 2 N–H and O–H groups in total. The summed E-state index contributed by atoms with van der Waals surface area (Å²) in [6.45, 7) is 2.08. The highest BCUT2D eigenvalue weighted by atomic mass is 16.4. The Morgan fingerprint density at radius 2 is 1.96 bits per heavy atom. The van der Waals surface area contributed by atoms with Gasteiger partial charge in [-0.3, -0.25) is 9.59 Å². The Balaban J connectivity index is 2.32. The second-order valence-corrected chi connectivity index (χ2v) is 5.71. The van der Waals surface area contributed by atoms with Crippen molar-refractivity contribution in [3.05, 3.63) is 35.4 Å². The minimum atomic E-state index is -1.03. The summed E-state index contributed by atoms with van der Waals surface area (Å²) in [6.07, 6.45) is 1.44. The van der Waals surface area contributed by atoms with Crippen molar-refractivity contribution in [3.8, 4) is 0 Å². The third-order valence-corrected chi connectivity index (χ3v) is 4.37. The number of likely N-dealkylation sites (tertiary alicyclic amines) is 1. The number of rotatable bonds is 4.